The number of rotatable bonds is 22. The van der Waals surface area contributed by atoms with Gasteiger partial charge in [0, 0.05) is 64.8 Å². The predicted molar refractivity (Wildman–Crippen MR) is 257 cm³/mol. The van der Waals surface area contributed by atoms with Crippen molar-refractivity contribution in [3.8, 4) is 5.75 Å². The van der Waals surface area contributed by atoms with Gasteiger partial charge in [-0.05, 0) is 121 Å². The normalized spacial score (nSPS) is 12.1. The average molecular weight is 913 g/mol. The second kappa shape index (κ2) is 23.0. The fourth-order valence-electron chi connectivity index (χ4n) is 8.11. The number of hydrogen-bond acceptors (Lipinski definition) is 11. The SMILES string of the molecule is Nc1cccc(CN(Cc2cc(CN(Cc3ccccn3)Cc3cccc(NC(=O)NCCc4ccc(F)cc4)n3)cc(OCCCCN3C(=O)c4ccccc4C3=O)c2)Cc2ccccn2)n1. The Morgan fingerprint density at radius 3 is 1.79 bits per heavy atom. The van der Waals surface area contributed by atoms with E-state index in [1.165, 1.54) is 17.0 Å². The molecule has 15 heteroatoms. The number of imide groups is 1. The lowest BCUT2D eigenvalue weighted by molar-refractivity contribution is 0.0649. The number of nitrogens with zero attached hydrogens (tertiary/aromatic N) is 7. The van der Waals surface area contributed by atoms with E-state index in [4.69, 9.17) is 15.5 Å². The van der Waals surface area contributed by atoms with Gasteiger partial charge in [-0.3, -0.25) is 39.6 Å². The number of nitrogens with one attached hydrogen (secondary N) is 2. The number of urea groups is 1. The van der Waals surface area contributed by atoms with Crippen molar-refractivity contribution < 1.29 is 23.5 Å². The van der Waals surface area contributed by atoms with Crippen molar-refractivity contribution >= 4 is 29.5 Å². The molecule has 68 heavy (non-hydrogen) atoms. The molecule has 0 aliphatic carbocycles. The molecule has 0 atom stereocenters. The number of carbonyl (C=O) groups excluding carboxylic acids is 3. The number of pyridine rings is 4. The first kappa shape index (κ1) is 46.6. The maximum Gasteiger partial charge on any atom is 0.320 e. The molecule has 14 nitrogen and oxygen atoms in total. The van der Waals surface area contributed by atoms with Crippen molar-refractivity contribution in [2.75, 3.05) is 30.7 Å². The number of carbonyl (C=O) groups is 3. The van der Waals surface area contributed by atoms with Gasteiger partial charge in [0.1, 0.15) is 23.2 Å². The molecule has 1 aliphatic rings. The van der Waals surface area contributed by atoms with Crippen LogP contribution in [-0.4, -0.2) is 72.2 Å². The third-order valence-corrected chi connectivity index (χ3v) is 11.2. The molecule has 4 aromatic heterocycles. The van der Waals surface area contributed by atoms with E-state index < -0.39 is 6.03 Å². The summed E-state index contributed by atoms with van der Waals surface area (Å²) in [5.74, 6) is 0.714. The lowest BCUT2D eigenvalue weighted by Gasteiger charge is -2.25. The second-order valence-electron chi connectivity index (χ2n) is 16.6. The quantitative estimate of drug-likeness (QED) is 0.0442. The third kappa shape index (κ3) is 13.4. The minimum atomic E-state index is -0.390. The first-order valence-electron chi connectivity index (χ1n) is 22.6. The molecule has 0 unspecified atom stereocenters. The molecule has 0 spiro atoms. The summed E-state index contributed by atoms with van der Waals surface area (Å²) < 4.78 is 19.8. The molecule has 7 aromatic rings. The van der Waals surface area contributed by atoms with E-state index in [9.17, 15) is 18.8 Å². The zero-order valence-corrected chi connectivity index (χ0v) is 37.6. The lowest BCUT2D eigenvalue weighted by atomic mass is 10.1. The van der Waals surface area contributed by atoms with Crippen molar-refractivity contribution in [3.05, 3.63) is 208 Å². The van der Waals surface area contributed by atoms with Crippen LogP contribution in [0.2, 0.25) is 0 Å². The van der Waals surface area contributed by atoms with Gasteiger partial charge in [0.05, 0.1) is 40.5 Å². The van der Waals surface area contributed by atoms with Crippen LogP contribution in [0.5, 0.6) is 5.75 Å². The van der Waals surface area contributed by atoms with Gasteiger partial charge in [-0.25, -0.2) is 19.2 Å². The molecular formula is C53H53FN10O4. The number of aromatic nitrogens is 4. The highest BCUT2D eigenvalue weighted by Crippen LogP contribution is 2.25. The second-order valence-corrected chi connectivity index (χ2v) is 16.6. The number of ether oxygens (including phenoxy) is 1. The molecule has 3 aromatic carbocycles. The molecule has 0 bridgehead atoms. The van der Waals surface area contributed by atoms with E-state index in [-0.39, 0.29) is 17.6 Å². The van der Waals surface area contributed by atoms with Gasteiger partial charge in [-0.1, -0.05) is 54.6 Å². The van der Waals surface area contributed by atoms with Crippen LogP contribution in [0.1, 0.15) is 73.0 Å². The van der Waals surface area contributed by atoms with Crippen LogP contribution in [0.4, 0.5) is 20.8 Å². The van der Waals surface area contributed by atoms with E-state index in [1.54, 1.807) is 60.9 Å². The first-order valence-corrected chi connectivity index (χ1v) is 22.6. The number of unbranched alkanes of at least 4 members (excludes halogenated alkanes) is 1. The van der Waals surface area contributed by atoms with Crippen molar-refractivity contribution in [2.24, 2.45) is 0 Å². The van der Waals surface area contributed by atoms with Crippen LogP contribution in [0, 0.1) is 5.82 Å². The molecule has 0 fully saturated rings. The number of halogens is 1. The van der Waals surface area contributed by atoms with Crippen LogP contribution in [0.3, 0.4) is 0 Å². The summed E-state index contributed by atoms with van der Waals surface area (Å²) in [6.07, 6.45) is 5.32. The Bertz CT molecular complexity index is 2760. The Balaban J connectivity index is 0.997. The van der Waals surface area contributed by atoms with Gasteiger partial charge in [-0.2, -0.15) is 0 Å². The van der Waals surface area contributed by atoms with Crippen molar-refractivity contribution in [1.82, 2.24) is 40.0 Å². The Morgan fingerprint density at radius 1 is 0.618 bits per heavy atom. The number of anilines is 2. The standard InChI is InChI=1S/C53H53FN10O4/c54-41-21-19-38(20-22-41)23-26-58-53(67)61-50-18-10-14-45(60-50)37-63(35-43-12-4-6-25-57-43)33-40-29-39(32-62(34-42-11-3-5-24-56-42)36-44-13-9-17-49(55)59-44)30-46(31-40)68-28-8-7-27-64-51(65)47-15-1-2-16-48(47)52(64)66/h1-6,9-22,24-25,29-31H,7-8,23,26-28,32-37H2,(H2,55,59)(H2,58,60,61,67). The molecule has 4 N–H and O–H groups in total. The van der Waals surface area contributed by atoms with Gasteiger partial charge in [0.2, 0.25) is 0 Å². The summed E-state index contributed by atoms with van der Waals surface area (Å²) in [5, 5.41) is 5.70. The first-order chi connectivity index (χ1) is 33.2. The van der Waals surface area contributed by atoms with E-state index in [0.717, 1.165) is 39.5 Å². The summed E-state index contributed by atoms with van der Waals surface area (Å²) in [5.41, 5.74) is 13.3. The molecule has 0 saturated carbocycles. The van der Waals surface area contributed by atoms with Crippen molar-refractivity contribution in [1.29, 1.82) is 0 Å². The smallest absolute Gasteiger partial charge is 0.320 e. The molecule has 0 saturated heterocycles. The van der Waals surface area contributed by atoms with Gasteiger partial charge < -0.3 is 15.8 Å². The zero-order valence-electron chi connectivity index (χ0n) is 37.6. The highest BCUT2D eigenvalue weighted by Gasteiger charge is 2.34. The number of fused-ring (bicyclic) bond motifs is 1. The highest BCUT2D eigenvalue weighted by molar-refractivity contribution is 6.21. The minimum absolute atomic E-state index is 0.263. The van der Waals surface area contributed by atoms with Crippen molar-refractivity contribution in [2.45, 2.75) is 58.5 Å². The van der Waals surface area contributed by atoms with E-state index in [2.05, 4.69) is 47.5 Å². The summed E-state index contributed by atoms with van der Waals surface area (Å²) in [6, 6.07) is 41.9. The fraction of sp³-hybridized carbons (Fsp3) is 0.226. The largest absolute Gasteiger partial charge is 0.494 e. The summed E-state index contributed by atoms with van der Waals surface area (Å²) in [6.45, 7) is 4.11. The van der Waals surface area contributed by atoms with Gasteiger partial charge in [-0.15, -0.1) is 0 Å². The Kier molecular flexibility index (Phi) is 15.8. The molecule has 4 amide bonds. The van der Waals surface area contributed by atoms with Crippen LogP contribution in [0.15, 0.2) is 152 Å². The number of nitrogens with two attached hydrogens (primary N) is 1. The molecule has 5 heterocycles. The van der Waals surface area contributed by atoms with Gasteiger partial charge in [0.25, 0.3) is 11.8 Å². The lowest BCUT2D eigenvalue weighted by Crippen LogP contribution is -2.31. The topological polar surface area (TPSA) is 172 Å². The number of hydrogen-bond donors (Lipinski definition) is 3. The highest BCUT2D eigenvalue weighted by atomic mass is 19.1. The maximum atomic E-state index is 13.3. The molecule has 1 aliphatic heterocycles. The van der Waals surface area contributed by atoms with E-state index >= 15 is 0 Å². The summed E-state index contributed by atoms with van der Waals surface area (Å²) in [4.78, 5) is 63.3. The third-order valence-electron chi connectivity index (χ3n) is 11.2. The predicted octanol–water partition coefficient (Wildman–Crippen LogP) is 8.21. The van der Waals surface area contributed by atoms with E-state index in [1.807, 2.05) is 66.7 Å². The maximum absolute atomic E-state index is 13.3. The average Bonchev–Trinajstić information content (AvgIpc) is 3.57. The molecule has 346 valence electrons. The van der Waals surface area contributed by atoms with Crippen LogP contribution in [0.25, 0.3) is 0 Å². The van der Waals surface area contributed by atoms with Crippen LogP contribution < -0.4 is 21.1 Å². The van der Waals surface area contributed by atoms with E-state index in [0.29, 0.717) is 107 Å². The summed E-state index contributed by atoms with van der Waals surface area (Å²) >= 11 is 0. The summed E-state index contributed by atoms with van der Waals surface area (Å²) in [7, 11) is 0. The monoisotopic (exact) mass is 912 g/mol. The van der Waals surface area contributed by atoms with Gasteiger partial charge >= 0.3 is 6.03 Å². The zero-order chi connectivity index (χ0) is 47.1. The fourth-order valence-corrected chi connectivity index (χ4v) is 8.11. The minimum Gasteiger partial charge on any atom is -0.494 e. The van der Waals surface area contributed by atoms with Crippen molar-refractivity contribution in [3.63, 3.8) is 0 Å². The Morgan fingerprint density at radius 2 is 1.19 bits per heavy atom. The Hall–Kier alpha value is -7.88. The molecule has 8 rings (SSSR count). The number of benzene rings is 3. The van der Waals surface area contributed by atoms with Crippen LogP contribution in [-0.2, 0) is 45.7 Å². The van der Waals surface area contributed by atoms with Gasteiger partial charge in [0.15, 0.2) is 0 Å². The molecule has 0 radical (unpaired) electrons. The van der Waals surface area contributed by atoms with Crippen LogP contribution >= 0.6 is 0 Å². The number of amides is 4. The molecular weight excluding hydrogens is 860 g/mol. The number of nitrogen functional groups attached to an aromatic ring is 1. The Labute approximate surface area is 395 Å².